The van der Waals surface area contributed by atoms with Crippen LogP contribution >= 0.6 is 0 Å². The highest BCUT2D eigenvalue weighted by Crippen LogP contribution is 2.56. The number of hydrogen-bond acceptors (Lipinski definition) is 8. The minimum atomic E-state index is -0.467. The highest BCUT2D eigenvalue weighted by Gasteiger charge is 2.66. The lowest BCUT2D eigenvalue weighted by Gasteiger charge is -2.42. The first kappa shape index (κ1) is 33.4. The number of rotatable bonds is 12. The second-order valence-electron chi connectivity index (χ2n) is 16.3. The summed E-state index contributed by atoms with van der Waals surface area (Å²) in [6.45, 7) is 7.76. The molecule has 8 aliphatic rings. The predicted molar refractivity (Wildman–Crippen MR) is 183 cm³/mol. The molecule has 2 aliphatic carbocycles. The van der Waals surface area contributed by atoms with E-state index in [-0.39, 0.29) is 60.0 Å². The molecule has 8 atom stereocenters. The van der Waals surface area contributed by atoms with Crippen LogP contribution in [0.1, 0.15) is 123 Å². The van der Waals surface area contributed by atoms with Crippen molar-refractivity contribution in [3.05, 3.63) is 23.3 Å². The summed E-state index contributed by atoms with van der Waals surface area (Å²) in [5, 5.41) is 0. The van der Waals surface area contributed by atoms with E-state index >= 15 is 0 Å². The van der Waals surface area contributed by atoms with Gasteiger partial charge in [-0.25, -0.2) is 9.59 Å². The van der Waals surface area contributed by atoms with Gasteiger partial charge in [-0.05, 0) is 88.4 Å². The number of unbranched alkanes of at least 4 members (excludes halogenated alkanes) is 2. The number of esters is 2. The molecular weight excluding hydrogens is 620 g/mol. The molecule has 10 nitrogen and oxygen atoms in total. The first-order chi connectivity index (χ1) is 23.8. The molecule has 0 unspecified atom stereocenters. The summed E-state index contributed by atoms with van der Waals surface area (Å²) in [5.41, 5.74) is 1.28. The van der Waals surface area contributed by atoms with Gasteiger partial charge in [0.15, 0.2) is 11.2 Å². The zero-order chi connectivity index (χ0) is 33.9. The zero-order valence-electron chi connectivity index (χ0n) is 29.7. The highest BCUT2D eigenvalue weighted by molar-refractivity contribution is 5.88. The van der Waals surface area contributed by atoms with Crippen molar-refractivity contribution in [2.24, 2.45) is 0 Å². The van der Waals surface area contributed by atoms with Crippen LogP contribution in [0.5, 0.6) is 0 Å². The maximum absolute atomic E-state index is 13.9. The normalized spacial score (nSPS) is 37.3. The number of piperidine rings is 2. The third-order valence-corrected chi connectivity index (χ3v) is 13.7. The summed E-state index contributed by atoms with van der Waals surface area (Å²) in [7, 11) is 0. The van der Waals surface area contributed by atoms with Gasteiger partial charge in [0.25, 0.3) is 0 Å². The van der Waals surface area contributed by atoms with Crippen molar-refractivity contribution in [3.63, 3.8) is 0 Å². The Morgan fingerprint density at radius 3 is 1.59 bits per heavy atom. The molecule has 0 aromatic heterocycles. The van der Waals surface area contributed by atoms with E-state index in [0.717, 1.165) is 134 Å². The smallest absolute Gasteiger partial charge is 0.331 e. The lowest BCUT2D eigenvalue weighted by atomic mass is 9.75. The second-order valence-corrected chi connectivity index (χ2v) is 16.3. The van der Waals surface area contributed by atoms with Crippen LogP contribution in [0.2, 0.25) is 0 Å². The lowest BCUT2D eigenvalue weighted by molar-refractivity contribution is -0.149. The third-order valence-electron chi connectivity index (χ3n) is 13.7. The van der Waals surface area contributed by atoms with E-state index in [9.17, 15) is 19.2 Å². The standard InChI is InChI=1S/C39H56N4O6/c1-3-16-42(28-20-26-22-36(46)48-38(26)24-30(28)40-18-10-8-12-32(38)40)34(44)14-6-5-7-15-35(45)43(17-4-2)29-21-27-23-37(47)49-39(27)25-31(29)41-19-11-9-13-33(39)41/h22-23,28-33H,3-21,24-25H2,1-2H3/t28-,29-,30-,31-,32+,33+,38-,39-/m0/s1. The number of carbonyl (C=O) groups is 4. The fraction of sp³-hybridized carbons (Fsp3) is 0.795. The highest BCUT2D eigenvalue weighted by atomic mass is 16.6. The summed E-state index contributed by atoms with van der Waals surface area (Å²) in [4.78, 5) is 62.2. The Labute approximate surface area is 291 Å². The van der Waals surface area contributed by atoms with Gasteiger partial charge >= 0.3 is 11.9 Å². The number of amides is 2. The van der Waals surface area contributed by atoms with E-state index in [4.69, 9.17) is 9.47 Å². The molecule has 0 N–H and O–H groups in total. The predicted octanol–water partition coefficient (Wildman–Crippen LogP) is 4.66. The first-order valence-electron chi connectivity index (χ1n) is 19.8. The number of nitrogens with zero attached hydrogens (tertiary/aromatic N) is 4. The Morgan fingerprint density at radius 1 is 0.714 bits per heavy atom. The van der Waals surface area contributed by atoms with Gasteiger partial charge in [0.2, 0.25) is 11.8 Å². The number of fused-ring (bicyclic) bond motifs is 6. The molecule has 6 fully saturated rings. The van der Waals surface area contributed by atoms with E-state index in [0.29, 0.717) is 12.8 Å². The van der Waals surface area contributed by atoms with E-state index in [2.05, 4.69) is 33.4 Å². The van der Waals surface area contributed by atoms with E-state index in [1.165, 1.54) is 0 Å². The largest absolute Gasteiger partial charge is 0.450 e. The van der Waals surface area contributed by atoms with Gasteiger partial charge in [0, 0.05) is 63.0 Å². The van der Waals surface area contributed by atoms with Crippen molar-refractivity contribution in [2.45, 2.75) is 170 Å². The first-order valence-corrected chi connectivity index (χ1v) is 19.8. The van der Waals surface area contributed by atoms with Crippen LogP contribution in [0.3, 0.4) is 0 Å². The SMILES string of the molecule is CCCN(C(=O)CCCCCC(=O)N(CCC)[C@H]1CC2=CC(=O)O[C@@]23C[C@@H]1N1CCCC[C@@H]13)[C@H]1CC2=CC(=O)O[C@@]23C[C@@H]1N1CCCC[C@@H]13. The maximum atomic E-state index is 13.9. The zero-order valence-corrected chi connectivity index (χ0v) is 29.7. The van der Waals surface area contributed by atoms with Gasteiger partial charge in [-0.1, -0.05) is 33.1 Å². The van der Waals surface area contributed by atoms with Crippen LogP contribution < -0.4 is 0 Å². The van der Waals surface area contributed by atoms with E-state index < -0.39 is 11.2 Å². The Morgan fingerprint density at radius 2 is 1.16 bits per heavy atom. The summed E-state index contributed by atoms with van der Waals surface area (Å²) in [5.74, 6) is -0.0153. The Bertz CT molecular complexity index is 1320. The van der Waals surface area contributed by atoms with Crippen molar-refractivity contribution in [1.29, 1.82) is 0 Å². The summed E-state index contributed by atoms with van der Waals surface area (Å²) in [6, 6.07) is 1.12. The van der Waals surface area contributed by atoms with Crippen LogP contribution in [-0.4, -0.2) is 117 Å². The van der Waals surface area contributed by atoms with Crippen molar-refractivity contribution >= 4 is 23.8 Å². The third kappa shape index (κ3) is 5.40. The Hall–Kier alpha value is -2.72. The molecule has 4 saturated heterocycles. The number of hydrogen-bond donors (Lipinski definition) is 0. The van der Waals surface area contributed by atoms with Crippen molar-refractivity contribution in [2.75, 3.05) is 26.2 Å². The Balaban J connectivity index is 0.881. The molecule has 8 rings (SSSR count). The Kier molecular flexibility index (Phi) is 8.95. The molecule has 6 aliphatic heterocycles. The lowest BCUT2D eigenvalue weighted by Crippen LogP contribution is -2.54. The molecule has 2 amide bonds. The number of ether oxygens (including phenoxy) is 2. The maximum Gasteiger partial charge on any atom is 0.331 e. The fourth-order valence-corrected chi connectivity index (χ4v) is 11.8. The van der Waals surface area contributed by atoms with Crippen molar-refractivity contribution < 1.29 is 28.7 Å². The van der Waals surface area contributed by atoms with Gasteiger partial charge < -0.3 is 19.3 Å². The minimum absolute atomic E-state index is 0.0774. The molecule has 0 aromatic rings. The van der Waals surface area contributed by atoms with Crippen LogP contribution in [0.15, 0.2) is 23.3 Å². The van der Waals surface area contributed by atoms with Gasteiger partial charge in [0.1, 0.15) is 0 Å². The van der Waals surface area contributed by atoms with Crippen molar-refractivity contribution in [3.8, 4) is 0 Å². The molecule has 268 valence electrons. The fourth-order valence-electron chi connectivity index (χ4n) is 11.8. The second kappa shape index (κ2) is 13.1. The van der Waals surface area contributed by atoms with E-state index in [1.807, 2.05) is 0 Å². The average Bonchev–Trinajstić information content (AvgIpc) is 3.79. The van der Waals surface area contributed by atoms with Gasteiger partial charge in [-0.2, -0.15) is 0 Å². The quantitative estimate of drug-likeness (QED) is 0.218. The molecular formula is C39H56N4O6. The molecule has 10 heteroatoms. The monoisotopic (exact) mass is 676 g/mol. The molecule has 2 spiro atoms. The summed E-state index contributed by atoms with van der Waals surface area (Å²) < 4.78 is 12.1. The molecule has 4 bridgehead atoms. The summed E-state index contributed by atoms with van der Waals surface area (Å²) in [6.07, 6.45) is 18.5. The number of carbonyl (C=O) groups excluding carboxylic acids is 4. The van der Waals surface area contributed by atoms with Gasteiger partial charge in [-0.3, -0.25) is 19.4 Å². The molecule has 0 aromatic carbocycles. The molecule has 0 radical (unpaired) electrons. The molecule has 49 heavy (non-hydrogen) atoms. The van der Waals surface area contributed by atoms with E-state index in [1.54, 1.807) is 12.2 Å². The van der Waals surface area contributed by atoms with Gasteiger partial charge in [0.05, 0.1) is 24.2 Å². The van der Waals surface area contributed by atoms with Gasteiger partial charge in [-0.15, -0.1) is 0 Å². The molecule has 6 heterocycles. The van der Waals surface area contributed by atoms with Crippen LogP contribution in [-0.2, 0) is 28.7 Å². The van der Waals surface area contributed by atoms with Crippen LogP contribution in [0, 0.1) is 0 Å². The van der Waals surface area contributed by atoms with Crippen LogP contribution in [0.25, 0.3) is 0 Å². The van der Waals surface area contributed by atoms with Crippen LogP contribution in [0.4, 0.5) is 0 Å². The topological polar surface area (TPSA) is 99.7 Å². The molecule has 2 saturated carbocycles. The minimum Gasteiger partial charge on any atom is -0.450 e. The average molecular weight is 677 g/mol. The summed E-state index contributed by atoms with van der Waals surface area (Å²) >= 11 is 0. The van der Waals surface area contributed by atoms with Crippen molar-refractivity contribution in [1.82, 2.24) is 19.6 Å².